The van der Waals surface area contributed by atoms with Crippen molar-refractivity contribution in [2.45, 2.75) is 20.3 Å². The van der Waals surface area contributed by atoms with Crippen LogP contribution in [0.15, 0.2) is 35.9 Å². The lowest BCUT2D eigenvalue weighted by Crippen LogP contribution is -2.05. The zero-order chi connectivity index (χ0) is 14.1. The molecule has 4 nitrogen and oxygen atoms in total. The topological polar surface area (TPSA) is 47.6 Å². The van der Waals surface area contributed by atoms with Crippen molar-refractivity contribution in [3.8, 4) is 5.75 Å². The van der Waals surface area contributed by atoms with Crippen molar-refractivity contribution in [3.63, 3.8) is 0 Å². The Kier molecular flexibility index (Phi) is 6.50. The summed E-state index contributed by atoms with van der Waals surface area (Å²) >= 11 is 0. The van der Waals surface area contributed by atoms with Gasteiger partial charge in [0.2, 0.25) is 0 Å². The molecule has 4 heteroatoms. The first-order valence-electron chi connectivity index (χ1n) is 6.39. The van der Waals surface area contributed by atoms with Gasteiger partial charge >= 0.3 is 5.97 Å². The Hall–Kier alpha value is -1.97. The lowest BCUT2D eigenvalue weighted by Gasteiger charge is -2.07. The number of nitrogens with one attached hydrogen (secondary N) is 1. The average molecular weight is 263 g/mol. The molecule has 1 rings (SSSR count). The molecular formula is C15H21NO3. The van der Waals surface area contributed by atoms with Crippen LogP contribution in [0.1, 0.15) is 20.3 Å². The molecule has 0 aliphatic carbocycles. The van der Waals surface area contributed by atoms with Crippen LogP contribution < -0.4 is 10.1 Å². The SMILES string of the molecule is CCCOc1ccc(NC/C=C(/C)C(=O)OC)cc1. The molecular weight excluding hydrogens is 242 g/mol. The minimum absolute atomic E-state index is 0.301. The molecule has 1 aromatic carbocycles. The number of ether oxygens (including phenoxy) is 2. The van der Waals surface area contributed by atoms with E-state index in [0.717, 1.165) is 24.5 Å². The number of carbonyl (C=O) groups is 1. The van der Waals surface area contributed by atoms with Crippen molar-refractivity contribution < 1.29 is 14.3 Å². The van der Waals surface area contributed by atoms with Crippen molar-refractivity contribution in [1.29, 1.82) is 0 Å². The Labute approximate surface area is 114 Å². The molecule has 19 heavy (non-hydrogen) atoms. The Morgan fingerprint density at radius 3 is 2.58 bits per heavy atom. The van der Waals surface area contributed by atoms with Crippen LogP contribution in [0, 0.1) is 0 Å². The van der Waals surface area contributed by atoms with Crippen molar-refractivity contribution in [2.75, 3.05) is 25.6 Å². The van der Waals surface area contributed by atoms with Gasteiger partial charge in [-0.15, -0.1) is 0 Å². The summed E-state index contributed by atoms with van der Waals surface area (Å²) in [6, 6.07) is 7.75. The minimum atomic E-state index is -0.301. The number of methoxy groups -OCH3 is 1. The number of esters is 1. The summed E-state index contributed by atoms with van der Waals surface area (Å²) in [7, 11) is 1.38. The molecule has 0 spiro atoms. The minimum Gasteiger partial charge on any atom is -0.494 e. The third-order valence-corrected chi connectivity index (χ3v) is 2.55. The molecule has 0 aliphatic heterocycles. The van der Waals surface area contributed by atoms with E-state index in [0.29, 0.717) is 12.1 Å². The fraction of sp³-hybridized carbons (Fsp3) is 0.400. The standard InChI is InChI=1S/C15H21NO3/c1-4-11-19-14-7-5-13(6-8-14)16-10-9-12(2)15(17)18-3/h5-9,16H,4,10-11H2,1-3H3/b12-9-. The molecule has 0 radical (unpaired) electrons. The smallest absolute Gasteiger partial charge is 0.333 e. The van der Waals surface area contributed by atoms with Gasteiger partial charge in [-0.3, -0.25) is 0 Å². The number of rotatable bonds is 7. The van der Waals surface area contributed by atoms with Gasteiger partial charge in [0.15, 0.2) is 0 Å². The summed E-state index contributed by atoms with van der Waals surface area (Å²) in [5.41, 5.74) is 1.58. The average Bonchev–Trinajstić information content (AvgIpc) is 2.45. The number of carbonyl (C=O) groups excluding carboxylic acids is 1. The first-order valence-corrected chi connectivity index (χ1v) is 6.39. The summed E-state index contributed by atoms with van der Waals surface area (Å²) in [6.07, 6.45) is 2.80. The van der Waals surface area contributed by atoms with E-state index in [1.807, 2.05) is 24.3 Å². The molecule has 0 unspecified atom stereocenters. The largest absolute Gasteiger partial charge is 0.494 e. The number of hydrogen-bond donors (Lipinski definition) is 1. The first-order chi connectivity index (χ1) is 9.17. The summed E-state index contributed by atoms with van der Waals surface area (Å²) in [4.78, 5) is 11.2. The third-order valence-electron chi connectivity index (χ3n) is 2.55. The van der Waals surface area contributed by atoms with Gasteiger partial charge in [-0.05, 0) is 37.6 Å². The van der Waals surface area contributed by atoms with Crippen molar-refractivity contribution in [3.05, 3.63) is 35.9 Å². The maximum absolute atomic E-state index is 11.2. The molecule has 0 fully saturated rings. The highest BCUT2D eigenvalue weighted by atomic mass is 16.5. The van der Waals surface area contributed by atoms with Gasteiger partial charge < -0.3 is 14.8 Å². The summed E-state index contributed by atoms with van der Waals surface area (Å²) in [6.45, 7) is 5.12. The molecule has 0 bridgehead atoms. The van der Waals surface area contributed by atoms with Crippen molar-refractivity contribution in [1.82, 2.24) is 0 Å². The van der Waals surface area contributed by atoms with Crippen LogP contribution >= 0.6 is 0 Å². The molecule has 0 saturated carbocycles. The van der Waals surface area contributed by atoms with Crippen molar-refractivity contribution in [2.24, 2.45) is 0 Å². The van der Waals surface area contributed by atoms with Crippen LogP contribution in [0.3, 0.4) is 0 Å². The Bertz CT molecular complexity index is 424. The lowest BCUT2D eigenvalue weighted by molar-refractivity contribution is -0.136. The first kappa shape index (κ1) is 15.1. The van der Waals surface area contributed by atoms with Gasteiger partial charge in [0.1, 0.15) is 5.75 Å². The highest BCUT2D eigenvalue weighted by Crippen LogP contribution is 2.15. The summed E-state index contributed by atoms with van der Waals surface area (Å²) in [5, 5.41) is 3.20. The predicted octanol–water partition coefficient (Wildman–Crippen LogP) is 3.01. The van der Waals surface area contributed by atoms with E-state index in [1.165, 1.54) is 7.11 Å². The molecule has 104 valence electrons. The highest BCUT2D eigenvalue weighted by Gasteiger charge is 2.01. The van der Waals surface area contributed by atoms with Crippen LogP contribution in [0.2, 0.25) is 0 Å². The second-order valence-electron chi connectivity index (χ2n) is 4.13. The van der Waals surface area contributed by atoms with Crippen LogP contribution in [0.5, 0.6) is 5.75 Å². The molecule has 0 aliphatic rings. The zero-order valence-electron chi connectivity index (χ0n) is 11.7. The molecule has 0 amide bonds. The van der Waals surface area contributed by atoms with E-state index >= 15 is 0 Å². The van der Waals surface area contributed by atoms with E-state index in [-0.39, 0.29) is 5.97 Å². The second-order valence-corrected chi connectivity index (χ2v) is 4.13. The fourth-order valence-electron chi connectivity index (χ4n) is 1.46. The summed E-state index contributed by atoms with van der Waals surface area (Å²) in [5.74, 6) is 0.568. The molecule has 0 atom stereocenters. The van der Waals surface area contributed by atoms with E-state index in [1.54, 1.807) is 13.0 Å². The van der Waals surface area contributed by atoms with Gasteiger partial charge in [-0.25, -0.2) is 4.79 Å². The molecule has 0 aromatic heterocycles. The quantitative estimate of drug-likeness (QED) is 0.607. The maximum atomic E-state index is 11.2. The number of anilines is 1. The fourth-order valence-corrected chi connectivity index (χ4v) is 1.46. The normalized spacial score (nSPS) is 11.0. The zero-order valence-corrected chi connectivity index (χ0v) is 11.7. The molecule has 1 aromatic rings. The number of hydrogen-bond acceptors (Lipinski definition) is 4. The van der Waals surface area contributed by atoms with Gasteiger partial charge in [0.05, 0.1) is 13.7 Å². The molecule has 0 saturated heterocycles. The Morgan fingerprint density at radius 2 is 2.00 bits per heavy atom. The van der Waals surface area contributed by atoms with Crippen molar-refractivity contribution >= 4 is 11.7 Å². The van der Waals surface area contributed by atoms with E-state index in [9.17, 15) is 4.79 Å². The Balaban J connectivity index is 2.43. The van der Waals surface area contributed by atoms with Crippen LogP contribution in [-0.4, -0.2) is 26.2 Å². The van der Waals surface area contributed by atoms with Gasteiger partial charge in [-0.1, -0.05) is 13.0 Å². The monoisotopic (exact) mass is 263 g/mol. The number of benzene rings is 1. The third kappa shape index (κ3) is 5.46. The Morgan fingerprint density at radius 1 is 1.32 bits per heavy atom. The predicted molar refractivity (Wildman–Crippen MR) is 76.5 cm³/mol. The van der Waals surface area contributed by atoms with Crippen LogP contribution in [-0.2, 0) is 9.53 Å². The van der Waals surface area contributed by atoms with Crippen LogP contribution in [0.25, 0.3) is 0 Å². The van der Waals surface area contributed by atoms with Crippen LogP contribution in [0.4, 0.5) is 5.69 Å². The van der Waals surface area contributed by atoms with E-state index in [2.05, 4.69) is 17.0 Å². The highest BCUT2D eigenvalue weighted by molar-refractivity contribution is 5.87. The lowest BCUT2D eigenvalue weighted by atomic mass is 10.2. The maximum Gasteiger partial charge on any atom is 0.333 e. The van der Waals surface area contributed by atoms with Gasteiger partial charge in [-0.2, -0.15) is 0 Å². The van der Waals surface area contributed by atoms with Gasteiger partial charge in [0.25, 0.3) is 0 Å². The van der Waals surface area contributed by atoms with Gasteiger partial charge in [0, 0.05) is 17.8 Å². The summed E-state index contributed by atoms with van der Waals surface area (Å²) < 4.78 is 10.1. The molecule has 1 N–H and O–H groups in total. The molecule has 0 heterocycles. The van der Waals surface area contributed by atoms with E-state index < -0.39 is 0 Å². The van der Waals surface area contributed by atoms with E-state index in [4.69, 9.17) is 4.74 Å². The second kappa shape index (κ2) is 8.19.